The van der Waals surface area contributed by atoms with Gasteiger partial charge in [-0.05, 0) is 31.0 Å². The van der Waals surface area contributed by atoms with Crippen LogP contribution in [0.1, 0.15) is 20.9 Å². The number of carbonyl (C=O) groups excluding carboxylic acids is 2. The lowest BCUT2D eigenvalue weighted by molar-refractivity contribution is -0.113. The van der Waals surface area contributed by atoms with Crippen LogP contribution in [0.25, 0.3) is 0 Å². The maximum atomic E-state index is 12.5. The summed E-state index contributed by atoms with van der Waals surface area (Å²) < 4.78 is 0.750. The fourth-order valence-corrected chi connectivity index (χ4v) is 4.12. The molecule has 2 N–H and O–H groups in total. The third-order valence-corrected chi connectivity index (χ3v) is 5.79. The van der Waals surface area contributed by atoms with E-state index >= 15 is 0 Å². The van der Waals surface area contributed by atoms with E-state index in [4.69, 9.17) is 0 Å². The van der Waals surface area contributed by atoms with Crippen LogP contribution in [0.15, 0.2) is 58.9 Å². The standard InChI is InChI=1S/C20H20N4O2S2/c1-14-23-24-20(28-14)27-13-18(25)22-17-10-6-5-9-16(17)19(26)21-12-11-15-7-3-2-4-8-15/h2-10H,11-13H2,1H3,(H,21,26)(H,22,25). The first kappa shape index (κ1) is 20.0. The smallest absolute Gasteiger partial charge is 0.253 e. The molecule has 0 radical (unpaired) electrons. The summed E-state index contributed by atoms with van der Waals surface area (Å²) in [5.41, 5.74) is 2.10. The number of benzene rings is 2. The van der Waals surface area contributed by atoms with Crippen molar-refractivity contribution in [3.63, 3.8) is 0 Å². The van der Waals surface area contributed by atoms with Crippen LogP contribution in [0.5, 0.6) is 0 Å². The zero-order valence-electron chi connectivity index (χ0n) is 15.3. The van der Waals surface area contributed by atoms with Crippen molar-refractivity contribution in [2.75, 3.05) is 17.6 Å². The molecular formula is C20H20N4O2S2. The quantitative estimate of drug-likeness (QED) is 0.553. The van der Waals surface area contributed by atoms with Crippen molar-refractivity contribution < 1.29 is 9.59 Å². The molecule has 0 unspecified atom stereocenters. The van der Waals surface area contributed by atoms with Gasteiger partial charge in [0.05, 0.1) is 17.0 Å². The van der Waals surface area contributed by atoms with Gasteiger partial charge in [-0.1, -0.05) is 65.6 Å². The lowest BCUT2D eigenvalue weighted by atomic mass is 10.1. The highest BCUT2D eigenvalue weighted by atomic mass is 32.2. The first-order valence-electron chi connectivity index (χ1n) is 8.76. The molecule has 28 heavy (non-hydrogen) atoms. The van der Waals surface area contributed by atoms with Gasteiger partial charge < -0.3 is 10.6 Å². The highest BCUT2D eigenvalue weighted by Crippen LogP contribution is 2.22. The third-order valence-electron chi connectivity index (χ3n) is 3.82. The van der Waals surface area contributed by atoms with Crippen LogP contribution in [0.2, 0.25) is 0 Å². The molecule has 8 heteroatoms. The van der Waals surface area contributed by atoms with Crippen molar-refractivity contribution in [1.29, 1.82) is 0 Å². The monoisotopic (exact) mass is 412 g/mol. The first-order chi connectivity index (χ1) is 13.6. The molecule has 2 amide bonds. The number of hydrogen-bond acceptors (Lipinski definition) is 6. The molecule has 0 spiro atoms. The molecule has 1 heterocycles. The zero-order chi connectivity index (χ0) is 19.8. The summed E-state index contributed by atoms with van der Waals surface area (Å²) in [6.07, 6.45) is 0.749. The Morgan fingerprint density at radius 2 is 1.79 bits per heavy atom. The first-order valence-corrected chi connectivity index (χ1v) is 10.6. The van der Waals surface area contributed by atoms with Gasteiger partial charge in [0.25, 0.3) is 5.91 Å². The van der Waals surface area contributed by atoms with Gasteiger partial charge in [0.15, 0.2) is 4.34 Å². The Kier molecular flexibility index (Phi) is 7.16. The summed E-state index contributed by atoms with van der Waals surface area (Å²) in [5.74, 6) is -0.194. The van der Waals surface area contributed by atoms with Gasteiger partial charge in [-0.15, -0.1) is 10.2 Å². The van der Waals surface area contributed by atoms with Gasteiger partial charge in [-0.3, -0.25) is 9.59 Å². The third kappa shape index (κ3) is 5.90. The molecule has 0 aliphatic heterocycles. The van der Waals surface area contributed by atoms with Crippen LogP contribution in [0, 0.1) is 6.92 Å². The number of hydrogen-bond donors (Lipinski definition) is 2. The minimum Gasteiger partial charge on any atom is -0.352 e. The van der Waals surface area contributed by atoms with Crippen LogP contribution in [-0.4, -0.2) is 34.3 Å². The molecule has 144 valence electrons. The molecule has 0 fully saturated rings. The van der Waals surface area contributed by atoms with Gasteiger partial charge in [0.1, 0.15) is 5.01 Å². The fourth-order valence-electron chi connectivity index (χ4n) is 2.50. The lowest BCUT2D eigenvalue weighted by Gasteiger charge is -2.11. The van der Waals surface area contributed by atoms with E-state index in [9.17, 15) is 9.59 Å². The summed E-state index contributed by atoms with van der Waals surface area (Å²) in [5, 5.41) is 14.5. The number of thioether (sulfide) groups is 1. The number of aryl methyl sites for hydroxylation is 1. The number of anilines is 1. The molecule has 0 saturated heterocycles. The number of aromatic nitrogens is 2. The average molecular weight is 413 g/mol. The van der Waals surface area contributed by atoms with Crippen molar-refractivity contribution in [3.8, 4) is 0 Å². The summed E-state index contributed by atoms with van der Waals surface area (Å²) in [4.78, 5) is 24.8. The minimum absolute atomic E-state index is 0.192. The maximum absolute atomic E-state index is 12.5. The Balaban J connectivity index is 1.54. The number of carbonyl (C=O) groups is 2. The fraction of sp³-hybridized carbons (Fsp3) is 0.200. The Bertz CT molecular complexity index is 944. The van der Waals surface area contributed by atoms with E-state index in [-0.39, 0.29) is 17.6 Å². The van der Waals surface area contributed by atoms with Gasteiger partial charge in [0, 0.05) is 6.54 Å². The SMILES string of the molecule is Cc1nnc(SCC(=O)Nc2ccccc2C(=O)NCCc2ccccc2)s1. The van der Waals surface area contributed by atoms with Gasteiger partial charge >= 0.3 is 0 Å². The van der Waals surface area contributed by atoms with E-state index in [1.54, 1.807) is 24.3 Å². The summed E-state index contributed by atoms with van der Waals surface area (Å²) >= 11 is 2.77. The Morgan fingerprint density at radius 1 is 1.04 bits per heavy atom. The van der Waals surface area contributed by atoms with Crippen molar-refractivity contribution in [1.82, 2.24) is 15.5 Å². The van der Waals surface area contributed by atoms with Crippen molar-refractivity contribution in [2.24, 2.45) is 0 Å². The lowest BCUT2D eigenvalue weighted by Crippen LogP contribution is -2.27. The number of para-hydroxylation sites is 1. The number of nitrogens with one attached hydrogen (secondary N) is 2. The van der Waals surface area contributed by atoms with Crippen LogP contribution in [0.3, 0.4) is 0 Å². The number of amides is 2. The van der Waals surface area contributed by atoms with Crippen LogP contribution < -0.4 is 10.6 Å². The molecule has 3 rings (SSSR count). The number of nitrogens with zero attached hydrogens (tertiary/aromatic N) is 2. The second-order valence-corrected chi connectivity index (χ2v) is 8.37. The van der Waals surface area contributed by atoms with Crippen molar-refractivity contribution in [3.05, 3.63) is 70.7 Å². The highest BCUT2D eigenvalue weighted by molar-refractivity contribution is 8.01. The zero-order valence-corrected chi connectivity index (χ0v) is 17.0. The van der Waals surface area contributed by atoms with Crippen molar-refractivity contribution >= 4 is 40.6 Å². The van der Waals surface area contributed by atoms with Gasteiger partial charge in [-0.25, -0.2) is 0 Å². The Hall–Kier alpha value is -2.71. The summed E-state index contributed by atoms with van der Waals surface area (Å²) in [6, 6.07) is 17.0. The van der Waals surface area contributed by atoms with E-state index in [0.29, 0.717) is 17.8 Å². The average Bonchev–Trinajstić information content (AvgIpc) is 3.13. The maximum Gasteiger partial charge on any atom is 0.253 e. The van der Waals surface area contributed by atoms with Gasteiger partial charge in [-0.2, -0.15) is 0 Å². The van der Waals surface area contributed by atoms with E-state index in [1.807, 2.05) is 37.3 Å². The van der Waals surface area contributed by atoms with Gasteiger partial charge in [0.2, 0.25) is 5.91 Å². The summed E-state index contributed by atoms with van der Waals surface area (Å²) in [7, 11) is 0. The second kappa shape index (κ2) is 10.0. The van der Waals surface area contributed by atoms with Crippen molar-refractivity contribution in [2.45, 2.75) is 17.7 Å². The Labute approximate surface area is 171 Å². The van der Waals surface area contributed by atoms with E-state index in [0.717, 1.165) is 21.3 Å². The van der Waals surface area contributed by atoms with Crippen LogP contribution >= 0.6 is 23.1 Å². The molecule has 1 aromatic heterocycles. The predicted octanol–water partition coefficient (Wildman–Crippen LogP) is 3.55. The molecule has 3 aromatic rings. The minimum atomic E-state index is -0.209. The summed E-state index contributed by atoms with van der Waals surface area (Å²) in [6.45, 7) is 2.39. The molecule has 0 atom stereocenters. The molecule has 0 aliphatic carbocycles. The Morgan fingerprint density at radius 3 is 2.54 bits per heavy atom. The molecule has 2 aromatic carbocycles. The van der Waals surface area contributed by atoms with E-state index in [1.165, 1.54) is 23.1 Å². The second-order valence-electron chi connectivity index (χ2n) is 5.96. The molecule has 0 aliphatic rings. The molecule has 0 bridgehead atoms. The molecule has 6 nitrogen and oxygen atoms in total. The topological polar surface area (TPSA) is 84.0 Å². The largest absolute Gasteiger partial charge is 0.352 e. The highest BCUT2D eigenvalue weighted by Gasteiger charge is 2.13. The van der Waals surface area contributed by atoms with Crippen LogP contribution in [-0.2, 0) is 11.2 Å². The normalized spacial score (nSPS) is 10.5. The van der Waals surface area contributed by atoms with E-state index in [2.05, 4.69) is 20.8 Å². The molecular weight excluding hydrogens is 392 g/mol. The van der Waals surface area contributed by atoms with E-state index < -0.39 is 0 Å². The van der Waals surface area contributed by atoms with Crippen LogP contribution in [0.4, 0.5) is 5.69 Å². The predicted molar refractivity (Wildman–Crippen MR) is 113 cm³/mol. The number of rotatable bonds is 8. The molecule has 0 saturated carbocycles.